The van der Waals surface area contributed by atoms with Gasteiger partial charge in [0, 0.05) is 25.2 Å². The van der Waals surface area contributed by atoms with Gasteiger partial charge in [-0.2, -0.15) is 0 Å². The van der Waals surface area contributed by atoms with Crippen LogP contribution in [0.15, 0.2) is 30.3 Å². The molecule has 3 heteroatoms. The van der Waals surface area contributed by atoms with Gasteiger partial charge < -0.3 is 10.0 Å². The molecule has 0 heterocycles. The van der Waals surface area contributed by atoms with Gasteiger partial charge in [-0.15, -0.1) is 11.6 Å². The maximum absolute atomic E-state index is 8.80. The van der Waals surface area contributed by atoms with Crippen LogP contribution >= 0.6 is 11.6 Å². The van der Waals surface area contributed by atoms with Crippen LogP contribution in [0.3, 0.4) is 0 Å². The molecule has 1 aromatic rings. The Kier molecular flexibility index (Phi) is 5.22. The van der Waals surface area contributed by atoms with Gasteiger partial charge in [-0.25, -0.2) is 0 Å². The minimum Gasteiger partial charge on any atom is -0.395 e. The molecule has 0 saturated heterocycles. The Labute approximate surface area is 95.8 Å². The van der Waals surface area contributed by atoms with Crippen molar-refractivity contribution in [3.05, 3.63) is 35.9 Å². The Hall–Kier alpha value is -0.990. The molecule has 0 saturated carbocycles. The van der Waals surface area contributed by atoms with Crippen LogP contribution in [-0.2, 0) is 0 Å². The van der Waals surface area contributed by atoms with Crippen LogP contribution < -0.4 is 4.90 Å². The third kappa shape index (κ3) is 3.94. The van der Waals surface area contributed by atoms with E-state index in [0.717, 1.165) is 11.3 Å². The van der Waals surface area contributed by atoms with Crippen LogP contribution in [0.5, 0.6) is 0 Å². The van der Waals surface area contributed by atoms with Gasteiger partial charge in [0.05, 0.1) is 6.61 Å². The maximum Gasteiger partial charge on any atom is 0.0606 e. The lowest BCUT2D eigenvalue weighted by atomic mass is 10.2. The molecule has 0 bridgehead atoms. The molecule has 0 unspecified atom stereocenters. The van der Waals surface area contributed by atoms with Crippen molar-refractivity contribution >= 4 is 23.4 Å². The molecule has 0 fully saturated rings. The standard InChI is InChI=1S/C12H16ClNO/c1-14(9-10-15)12-6-4-11(5-7-12)3-2-8-13/h2-7,15H,8-10H2,1H3. The second-order valence-electron chi connectivity index (χ2n) is 3.29. The number of halogens is 1. The van der Waals surface area contributed by atoms with Gasteiger partial charge in [-0.1, -0.05) is 24.3 Å². The second-order valence-corrected chi connectivity index (χ2v) is 3.60. The highest BCUT2D eigenvalue weighted by atomic mass is 35.5. The van der Waals surface area contributed by atoms with Crippen LogP contribution in [0.25, 0.3) is 6.08 Å². The molecular weight excluding hydrogens is 210 g/mol. The summed E-state index contributed by atoms with van der Waals surface area (Å²) < 4.78 is 0. The van der Waals surface area contributed by atoms with Crippen LogP contribution in [0.1, 0.15) is 5.56 Å². The van der Waals surface area contributed by atoms with Gasteiger partial charge in [0.15, 0.2) is 0 Å². The van der Waals surface area contributed by atoms with E-state index in [0.29, 0.717) is 12.4 Å². The molecule has 82 valence electrons. The SMILES string of the molecule is CN(CCO)c1ccc(C=CCCl)cc1. The van der Waals surface area contributed by atoms with E-state index in [1.54, 1.807) is 0 Å². The molecule has 0 atom stereocenters. The van der Waals surface area contributed by atoms with E-state index in [2.05, 4.69) is 0 Å². The number of hydrogen-bond acceptors (Lipinski definition) is 2. The minimum atomic E-state index is 0.171. The average molecular weight is 226 g/mol. The number of alkyl halides is 1. The van der Waals surface area contributed by atoms with Crippen molar-refractivity contribution in [1.29, 1.82) is 0 Å². The van der Waals surface area contributed by atoms with Gasteiger partial charge in [-0.05, 0) is 17.7 Å². The molecule has 2 nitrogen and oxygen atoms in total. The summed E-state index contributed by atoms with van der Waals surface area (Å²) in [5.41, 5.74) is 2.24. The molecule has 1 rings (SSSR count). The van der Waals surface area contributed by atoms with Crippen LogP contribution in [-0.4, -0.2) is 31.2 Å². The van der Waals surface area contributed by atoms with Gasteiger partial charge >= 0.3 is 0 Å². The Balaban J connectivity index is 2.67. The highest BCUT2D eigenvalue weighted by molar-refractivity contribution is 6.19. The van der Waals surface area contributed by atoms with E-state index >= 15 is 0 Å². The van der Waals surface area contributed by atoms with Crippen LogP contribution in [0, 0.1) is 0 Å². The molecule has 0 aromatic heterocycles. The minimum absolute atomic E-state index is 0.171. The summed E-state index contributed by atoms with van der Waals surface area (Å²) in [4.78, 5) is 2.01. The number of likely N-dealkylation sites (N-methyl/N-ethyl adjacent to an activating group) is 1. The zero-order valence-corrected chi connectivity index (χ0v) is 9.61. The Morgan fingerprint density at radius 2 is 2.00 bits per heavy atom. The van der Waals surface area contributed by atoms with Gasteiger partial charge in [0.1, 0.15) is 0 Å². The number of allylic oxidation sites excluding steroid dienone is 1. The highest BCUT2D eigenvalue weighted by Gasteiger charge is 1.98. The predicted molar refractivity (Wildman–Crippen MR) is 66.6 cm³/mol. The van der Waals surface area contributed by atoms with Crippen molar-refractivity contribution in [2.75, 3.05) is 31.0 Å². The van der Waals surface area contributed by atoms with Crippen molar-refractivity contribution in [3.63, 3.8) is 0 Å². The molecule has 15 heavy (non-hydrogen) atoms. The smallest absolute Gasteiger partial charge is 0.0606 e. The lowest BCUT2D eigenvalue weighted by molar-refractivity contribution is 0.304. The number of aliphatic hydroxyl groups excluding tert-OH is 1. The van der Waals surface area contributed by atoms with E-state index < -0.39 is 0 Å². The highest BCUT2D eigenvalue weighted by Crippen LogP contribution is 2.14. The number of anilines is 1. The van der Waals surface area contributed by atoms with Crippen molar-refractivity contribution in [2.24, 2.45) is 0 Å². The van der Waals surface area contributed by atoms with Crippen molar-refractivity contribution in [3.8, 4) is 0 Å². The fraction of sp³-hybridized carbons (Fsp3) is 0.333. The summed E-state index contributed by atoms with van der Waals surface area (Å²) in [5, 5.41) is 8.80. The van der Waals surface area contributed by atoms with Crippen LogP contribution in [0.2, 0.25) is 0 Å². The molecule has 0 amide bonds. The average Bonchev–Trinajstić information content (AvgIpc) is 2.27. The van der Waals surface area contributed by atoms with E-state index in [9.17, 15) is 0 Å². The number of hydrogen-bond donors (Lipinski definition) is 1. The van der Waals surface area contributed by atoms with E-state index in [1.165, 1.54) is 0 Å². The molecule has 0 aliphatic rings. The Morgan fingerprint density at radius 3 is 2.53 bits per heavy atom. The number of nitrogens with zero attached hydrogens (tertiary/aromatic N) is 1. The molecule has 0 aliphatic heterocycles. The van der Waals surface area contributed by atoms with Crippen molar-refractivity contribution in [2.45, 2.75) is 0 Å². The van der Waals surface area contributed by atoms with Crippen molar-refractivity contribution < 1.29 is 5.11 Å². The summed E-state index contributed by atoms with van der Waals surface area (Å²) in [6.07, 6.45) is 3.90. The van der Waals surface area contributed by atoms with Crippen LogP contribution in [0.4, 0.5) is 5.69 Å². The molecule has 0 aliphatic carbocycles. The lowest BCUT2D eigenvalue weighted by Crippen LogP contribution is -2.20. The molecule has 1 N–H and O–H groups in total. The van der Waals surface area contributed by atoms with Gasteiger partial charge in [0.25, 0.3) is 0 Å². The zero-order valence-electron chi connectivity index (χ0n) is 8.86. The Morgan fingerprint density at radius 1 is 1.33 bits per heavy atom. The number of benzene rings is 1. The van der Waals surface area contributed by atoms with Gasteiger partial charge in [0.2, 0.25) is 0 Å². The number of aliphatic hydroxyl groups is 1. The Bertz CT molecular complexity index is 308. The van der Waals surface area contributed by atoms with E-state index in [4.69, 9.17) is 16.7 Å². The quantitative estimate of drug-likeness (QED) is 0.778. The molecule has 0 spiro atoms. The van der Waals surface area contributed by atoms with Crippen molar-refractivity contribution in [1.82, 2.24) is 0 Å². The summed E-state index contributed by atoms with van der Waals surface area (Å²) in [5.74, 6) is 0.534. The molecule has 0 radical (unpaired) electrons. The lowest BCUT2D eigenvalue weighted by Gasteiger charge is -2.17. The number of rotatable bonds is 5. The fourth-order valence-electron chi connectivity index (χ4n) is 1.30. The topological polar surface area (TPSA) is 23.5 Å². The monoisotopic (exact) mass is 225 g/mol. The normalized spacial score (nSPS) is 10.9. The third-order valence-electron chi connectivity index (χ3n) is 2.17. The summed E-state index contributed by atoms with van der Waals surface area (Å²) in [7, 11) is 1.96. The summed E-state index contributed by atoms with van der Waals surface area (Å²) in [6, 6.07) is 8.13. The van der Waals surface area contributed by atoms with Gasteiger partial charge in [-0.3, -0.25) is 0 Å². The van der Waals surface area contributed by atoms with E-state index in [1.807, 2.05) is 48.4 Å². The summed E-state index contributed by atoms with van der Waals surface area (Å²) >= 11 is 5.55. The second kappa shape index (κ2) is 6.49. The first-order valence-electron chi connectivity index (χ1n) is 4.92. The zero-order chi connectivity index (χ0) is 11.1. The first-order chi connectivity index (χ1) is 7.27. The van der Waals surface area contributed by atoms with E-state index in [-0.39, 0.29) is 6.61 Å². The maximum atomic E-state index is 8.80. The largest absolute Gasteiger partial charge is 0.395 e. The predicted octanol–water partition coefficient (Wildman–Crippen LogP) is 2.37. The molecule has 1 aromatic carbocycles. The first-order valence-corrected chi connectivity index (χ1v) is 5.46. The third-order valence-corrected chi connectivity index (χ3v) is 2.35. The first kappa shape index (κ1) is 12.1. The molecular formula is C12H16ClNO. The summed E-state index contributed by atoms with van der Waals surface area (Å²) in [6.45, 7) is 0.821. The fourth-order valence-corrected chi connectivity index (χ4v) is 1.39.